The predicted octanol–water partition coefficient (Wildman–Crippen LogP) is 3.46. The maximum atomic E-state index is 12.4. The van der Waals surface area contributed by atoms with Crippen LogP contribution in [0.2, 0.25) is 0 Å². The molecular weight excluding hydrogens is 342 g/mol. The molecule has 0 saturated heterocycles. The third-order valence-corrected chi connectivity index (χ3v) is 4.54. The molecule has 0 unspecified atom stereocenters. The Balaban J connectivity index is 1.67. The van der Waals surface area contributed by atoms with Gasteiger partial charge in [-0.1, -0.05) is 0 Å². The Morgan fingerprint density at radius 1 is 1.00 bits per heavy atom. The zero-order valence-corrected chi connectivity index (χ0v) is 16.0. The number of fused-ring (bicyclic) bond motifs is 1. The average molecular weight is 367 g/mol. The van der Waals surface area contributed by atoms with E-state index in [0.717, 1.165) is 30.1 Å². The Bertz CT molecular complexity index is 827. The molecule has 6 heteroatoms. The summed E-state index contributed by atoms with van der Waals surface area (Å²) in [5.41, 5.74) is 5.86. The second-order valence-corrected chi connectivity index (χ2v) is 6.22. The van der Waals surface area contributed by atoms with Gasteiger partial charge < -0.3 is 14.4 Å². The van der Waals surface area contributed by atoms with Crippen LogP contribution in [-0.2, 0) is 0 Å². The van der Waals surface area contributed by atoms with Gasteiger partial charge in [-0.2, -0.15) is 5.10 Å². The molecule has 0 spiro atoms. The quantitative estimate of drug-likeness (QED) is 0.627. The third-order valence-electron chi connectivity index (χ3n) is 4.54. The molecule has 0 fully saturated rings. The van der Waals surface area contributed by atoms with Crippen LogP contribution in [0.15, 0.2) is 47.6 Å². The molecule has 2 aromatic carbocycles. The van der Waals surface area contributed by atoms with Gasteiger partial charge in [-0.3, -0.25) is 4.79 Å². The lowest BCUT2D eigenvalue weighted by molar-refractivity contribution is 0.0955. The molecule has 6 nitrogen and oxygen atoms in total. The van der Waals surface area contributed by atoms with Crippen LogP contribution in [0.4, 0.5) is 5.69 Å². The number of carbonyl (C=O) groups is 1. The van der Waals surface area contributed by atoms with Crippen LogP contribution in [0.3, 0.4) is 0 Å². The van der Waals surface area contributed by atoms with Crippen molar-refractivity contribution < 1.29 is 14.3 Å². The second kappa shape index (κ2) is 8.58. The van der Waals surface area contributed by atoms with E-state index in [9.17, 15) is 4.79 Å². The Morgan fingerprint density at radius 2 is 1.63 bits per heavy atom. The fourth-order valence-electron chi connectivity index (χ4n) is 2.94. The van der Waals surface area contributed by atoms with Gasteiger partial charge in [-0.15, -0.1) is 0 Å². The largest absolute Gasteiger partial charge is 0.486 e. The molecule has 2 aromatic rings. The summed E-state index contributed by atoms with van der Waals surface area (Å²) in [5.74, 6) is 1.19. The Morgan fingerprint density at radius 3 is 2.30 bits per heavy atom. The van der Waals surface area contributed by atoms with Gasteiger partial charge in [0.2, 0.25) is 0 Å². The van der Waals surface area contributed by atoms with Crippen LogP contribution in [0, 0.1) is 0 Å². The molecule has 0 saturated carbocycles. The number of hydrogen-bond acceptors (Lipinski definition) is 5. The number of rotatable bonds is 6. The molecule has 1 aliphatic rings. The van der Waals surface area contributed by atoms with Gasteiger partial charge in [0.25, 0.3) is 5.91 Å². The third kappa shape index (κ3) is 4.39. The first-order valence-corrected chi connectivity index (χ1v) is 9.22. The smallest absolute Gasteiger partial charge is 0.271 e. The minimum atomic E-state index is -0.238. The Kier molecular flexibility index (Phi) is 5.96. The van der Waals surface area contributed by atoms with Crippen LogP contribution < -0.4 is 19.8 Å². The van der Waals surface area contributed by atoms with E-state index in [-0.39, 0.29) is 5.91 Å². The van der Waals surface area contributed by atoms with E-state index in [1.54, 1.807) is 0 Å². The first-order chi connectivity index (χ1) is 13.1. The van der Waals surface area contributed by atoms with Crippen LogP contribution in [0.1, 0.15) is 36.7 Å². The summed E-state index contributed by atoms with van der Waals surface area (Å²) in [5, 5.41) is 4.22. The van der Waals surface area contributed by atoms with Crippen molar-refractivity contribution in [1.29, 1.82) is 0 Å². The number of benzene rings is 2. The first-order valence-electron chi connectivity index (χ1n) is 9.22. The molecule has 0 radical (unpaired) electrons. The second-order valence-electron chi connectivity index (χ2n) is 6.22. The monoisotopic (exact) mass is 367 g/mol. The SMILES string of the molecule is CCN(CC)c1ccc(C(=O)N/N=C(/C)c2ccc3c(c2)OCCO3)cc1. The van der Waals surface area contributed by atoms with Crippen molar-refractivity contribution in [2.75, 3.05) is 31.2 Å². The lowest BCUT2D eigenvalue weighted by atomic mass is 10.1. The minimum absolute atomic E-state index is 0.238. The molecule has 27 heavy (non-hydrogen) atoms. The van der Waals surface area contributed by atoms with Gasteiger partial charge in [-0.25, -0.2) is 5.43 Å². The summed E-state index contributed by atoms with van der Waals surface area (Å²) in [4.78, 5) is 14.6. The maximum absolute atomic E-state index is 12.4. The molecule has 3 rings (SSSR count). The molecule has 0 aromatic heterocycles. The van der Waals surface area contributed by atoms with E-state index in [4.69, 9.17) is 9.47 Å². The number of anilines is 1. The van der Waals surface area contributed by atoms with Gasteiger partial charge >= 0.3 is 0 Å². The highest BCUT2D eigenvalue weighted by Crippen LogP contribution is 2.30. The number of nitrogens with one attached hydrogen (secondary N) is 1. The van der Waals surface area contributed by atoms with Crippen LogP contribution in [-0.4, -0.2) is 37.9 Å². The summed E-state index contributed by atoms with van der Waals surface area (Å²) >= 11 is 0. The van der Waals surface area contributed by atoms with E-state index in [2.05, 4.69) is 29.3 Å². The van der Waals surface area contributed by atoms with Crippen LogP contribution in [0.5, 0.6) is 11.5 Å². The normalized spacial score (nSPS) is 13.2. The highest BCUT2D eigenvalue weighted by molar-refractivity contribution is 6.01. The number of ether oxygens (including phenoxy) is 2. The topological polar surface area (TPSA) is 63.2 Å². The van der Waals surface area contributed by atoms with Gasteiger partial charge in [0.1, 0.15) is 13.2 Å². The highest BCUT2D eigenvalue weighted by atomic mass is 16.6. The van der Waals surface area contributed by atoms with Gasteiger partial charge in [-0.05, 0) is 63.2 Å². The van der Waals surface area contributed by atoms with E-state index in [1.165, 1.54) is 0 Å². The molecular formula is C21H25N3O3. The Hall–Kier alpha value is -3.02. The number of nitrogens with zero attached hydrogens (tertiary/aromatic N) is 2. The lowest BCUT2D eigenvalue weighted by Gasteiger charge is -2.20. The standard InChI is InChI=1S/C21H25N3O3/c1-4-24(5-2)18-9-6-16(7-10-18)21(25)23-22-15(3)17-8-11-19-20(14-17)27-13-12-26-19/h6-11,14H,4-5,12-13H2,1-3H3,(H,23,25)/b22-15-. The number of carbonyl (C=O) groups excluding carboxylic acids is 1. The fourth-order valence-corrected chi connectivity index (χ4v) is 2.94. The van der Waals surface area contributed by atoms with Crippen molar-refractivity contribution in [2.45, 2.75) is 20.8 Å². The van der Waals surface area contributed by atoms with Gasteiger partial charge in [0.05, 0.1) is 5.71 Å². The molecule has 0 atom stereocenters. The van der Waals surface area contributed by atoms with Crippen LogP contribution >= 0.6 is 0 Å². The van der Waals surface area contributed by atoms with Crippen molar-refractivity contribution in [1.82, 2.24) is 5.43 Å². The van der Waals surface area contributed by atoms with Crippen LogP contribution in [0.25, 0.3) is 0 Å². The lowest BCUT2D eigenvalue weighted by Crippen LogP contribution is -2.22. The zero-order valence-electron chi connectivity index (χ0n) is 16.0. The summed E-state index contributed by atoms with van der Waals surface area (Å²) in [6.45, 7) is 9.02. The van der Waals surface area contributed by atoms with E-state index < -0.39 is 0 Å². The Labute approximate surface area is 159 Å². The van der Waals surface area contributed by atoms with Crippen molar-refractivity contribution >= 4 is 17.3 Å². The van der Waals surface area contributed by atoms with Gasteiger partial charge in [0, 0.05) is 29.9 Å². The number of hydrogen-bond donors (Lipinski definition) is 1. The van der Waals surface area contributed by atoms with E-state index >= 15 is 0 Å². The summed E-state index contributed by atoms with van der Waals surface area (Å²) in [6, 6.07) is 13.2. The average Bonchev–Trinajstić information content (AvgIpc) is 2.72. The maximum Gasteiger partial charge on any atom is 0.271 e. The van der Waals surface area contributed by atoms with Crippen molar-refractivity contribution in [3.8, 4) is 11.5 Å². The van der Waals surface area contributed by atoms with Crippen molar-refractivity contribution in [3.63, 3.8) is 0 Å². The minimum Gasteiger partial charge on any atom is -0.486 e. The van der Waals surface area contributed by atoms with Gasteiger partial charge in [0.15, 0.2) is 11.5 Å². The van der Waals surface area contributed by atoms with Crippen molar-refractivity contribution in [2.24, 2.45) is 5.10 Å². The molecule has 142 valence electrons. The highest BCUT2D eigenvalue weighted by Gasteiger charge is 2.13. The van der Waals surface area contributed by atoms with Crippen molar-refractivity contribution in [3.05, 3.63) is 53.6 Å². The molecule has 1 amide bonds. The molecule has 1 heterocycles. The number of hydrazone groups is 1. The van der Waals surface area contributed by atoms with E-state index in [1.807, 2.05) is 49.4 Å². The molecule has 1 aliphatic heterocycles. The fraction of sp³-hybridized carbons (Fsp3) is 0.333. The van der Waals surface area contributed by atoms with E-state index in [0.29, 0.717) is 30.2 Å². The predicted molar refractivity (Wildman–Crippen MR) is 107 cm³/mol. The summed E-state index contributed by atoms with van der Waals surface area (Å²) < 4.78 is 11.1. The summed E-state index contributed by atoms with van der Waals surface area (Å²) in [7, 11) is 0. The molecule has 0 aliphatic carbocycles. The first kappa shape index (κ1) is 18.8. The molecule has 1 N–H and O–H groups in total. The zero-order chi connectivity index (χ0) is 19.2. The molecule has 0 bridgehead atoms. The summed E-state index contributed by atoms with van der Waals surface area (Å²) in [6.07, 6.45) is 0. The number of amides is 1.